The van der Waals surface area contributed by atoms with E-state index in [9.17, 15) is 14.0 Å². The van der Waals surface area contributed by atoms with E-state index in [0.29, 0.717) is 37.5 Å². The molecule has 3 aromatic carbocycles. The number of para-hydroxylation sites is 1. The van der Waals surface area contributed by atoms with Gasteiger partial charge < -0.3 is 19.9 Å². The fourth-order valence-electron chi connectivity index (χ4n) is 3.89. The standard InChI is InChI=1S/C26H25FN4O3S/c1-34-23-9-5-3-7-21(23)24(32)29-26(35)28-18-10-12-19(13-11-18)30-14-16-31(17-15-30)25(33)20-6-2-4-8-22(20)27/h2-13H,14-17H2,1H3,(H2,28,29,32,35). The van der Waals surface area contributed by atoms with Gasteiger partial charge in [0.1, 0.15) is 11.6 Å². The molecule has 0 bridgehead atoms. The van der Waals surface area contributed by atoms with E-state index < -0.39 is 5.82 Å². The normalized spacial score (nSPS) is 13.2. The van der Waals surface area contributed by atoms with E-state index >= 15 is 0 Å². The number of nitrogens with one attached hydrogen (secondary N) is 2. The maximum absolute atomic E-state index is 14.0. The van der Waals surface area contributed by atoms with Crippen LogP contribution in [0.3, 0.4) is 0 Å². The van der Waals surface area contributed by atoms with Gasteiger partial charge in [0, 0.05) is 37.6 Å². The summed E-state index contributed by atoms with van der Waals surface area (Å²) in [4.78, 5) is 29.0. The van der Waals surface area contributed by atoms with Crippen LogP contribution in [0.4, 0.5) is 15.8 Å². The Kier molecular flexibility index (Phi) is 7.57. The first kappa shape index (κ1) is 24.2. The van der Waals surface area contributed by atoms with Crippen molar-refractivity contribution in [3.05, 3.63) is 89.7 Å². The topological polar surface area (TPSA) is 73.9 Å². The van der Waals surface area contributed by atoms with Crippen molar-refractivity contribution in [2.75, 3.05) is 43.5 Å². The van der Waals surface area contributed by atoms with Crippen LogP contribution >= 0.6 is 12.2 Å². The fourth-order valence-corrected chi connectivity index (χ4v) is 4.10. The van der Waals surface area contributed by atoms with Crippen molar-refractivity contribution in [2.45, 2.75) is 0 Å². The first-order valence-electron chi connectivity index (χ1n) is 11.1. The second kappa shape index (κ2) is 11.0. The van der Waals surface area contributed by atoms with Crippen LogP contribution in [-0.4, -0.2) is 55.1 Å². The molecular weight excluding hydrogens is 467 g/mol. The average molecular weight is 493 g/mol. The van der Waals surface area contributed by atoms with Crippen LogP contribution in [0.1, 0.15) is 20.7 Å². The summed E-state index contributed by atoms with van der Waals surface area (Å²) in [7, 11) is 1.51. The molecular formula is C26H25FN4O3S. The van der Waals surface area contributed by atoms with Crippen LogP contribution in [-0.2, 0) is 0 Å². The van der Waals surface area contributed by atoms with Gasteiger partial charge in [0.15, 0.2) is 5.11 Å². The second-order valence-electron chi connectivity index (χ2n) is 7.91. The molecule has 3 aromatic rings. The molecule has 0 radical (unpaired) electrons. The molecule has 9 heteroatoms. The number of halogens is 1. The number of benzene rings is 3. The number of ether oxygens (including phenoxy) is 1. The molecule has 4 rings (SSSR count). The van der Waals surface area contributed by atoms with Crippen molar-refractivity contribution in [1.29, 1.82) is 0 Å². The highest BCUT2D eigenvalue weighted by Gasteiger charge is 2.24. The van der Waals surface area contributed by atoms with Crippen molar-refractivity contribution in [1.82, 2.24) is 10.2 Å². The maximum atomic E-state index is 14.0. The zero-order valence-electron chi connectivity index (χ0n) is 19.2. The average Bonchev–Trinajstić information content (AvgIpc) is 2.89. The van der Waals surface area contributed by atoms with Crippen LogP contribution in [0.15, 0.2) is 72.8 Å². The zero-order chi connectivity index (χ0) is 24.8. The molecule has 7 nitrogen and oxygen atoms in total. The summed E-state index contributed by atoms with van der Waals surface area (Å²) in [5, 5.41) is 5.84. The third kappa shape index (κ3) is 5.75. The third-order valence-electron chi connectivity index (χ3n) is 5.74. The maximum Gasteiger partial charge on any atom is 0.261 e. The zero-order valence-corrected chi connectivity index (χ0v) is 20.0. The Morgan fingerprint density at radius 1 is 0.886 bits per heavy atom. The van der Waals surface area contributed by atoms with Crippen LogP contribution in [0.2, 0.25) is 0 Å². The molecule has 35 heavy (non-hydrogen) atoms. The number of amides is 2. The molecule has 1 heterocycles. The lowest BCUT2D eigenvalue weighted by Crippen LogP contribution is -2.49. The molecule has 1 fully saturated rings. The number of anilines is 2. The summed E-state index contributed by atoms with van der Waals surface area (Å²) < 4.78 is 19.2. The highest BCUT2D eigenvalue weighted by Crippen LogP contribution is 2.21. The van der Waals surface area contributed by atoms with Gasteiger partial charge in [-0.1, -0.05) is 24.3 Å². The summed E-state index contributed by atoms with van der Waals surface area (Å²) >= 11 is 5.28. The summed E-state index contributed by atoms with van der Waals surface area (Å²) in [5.41, 5.74) is 2.22. The third-order valence-corrected chi connectivity index (χ3v) is 5.94. The van der Waals surface area contributed by atoms with E-state index in [0.717, 1.165) is 11.4 Å². The number of carbonyl (C=O) groups is 2. The van der Waals surface area contributed by atoms with Crippen molar-refractivity contribution < 1.29 is 18.7 Å². The number of carbonyl (C=O) groups excluding carboxylic acids is 2. The molecule has 2 N–H and O–H groups in total. The van der Waals surface area contributed by atoms with Crippen LogP contribution < -0.4 is 20.3 Å². The monoisotopic (exact) mass is 492 g/mol. The van der Waals surface area contributed by atoms with Crippen molar-refractivity contribution in [3.63, 3.8) is 0 Å². The van der Waals surface area contributed by atoms with Gasteiger partial charge in [0.05, 0.1) is 18.2 Å². The van der Waals surface area contributed by atoms with Crippen molar-refractivity contribution >= 4 is 40.5 Å². The predicted molar refractivity (Wildman–Crippen MR) is 138 cm³/mol. The Hall–Kier alpha value is -3.98. The van der Waals surface area contributed by atoms with E-state index in [4.69, 9.17) is 17.0 Å². The summed E-state index contributed by atoms with van der Waals surface area (Å²) in [6, 6.07) is 20.6. The molecule has 0 saturated carbocycles. The minimum Gasteiger partial charge on any atom is -0.496 e. The Morgan fingerprint density at radius 2 is 1.51 bits per heavy atom. The molecule has 1 saturated heterocycles. The Labute approximate surface area is 208 Å². The molecule has 0 aromatic heterocycles. The van der Waals surface area contributed by atoms with Gasteiger partial charge in [-0.3, -0.25) is 14.9 Å². The lowest BCUT2D eigenvalue weighted by molar-refractivity contribution is 0.0742. The molecule has 180 valence electrons. The van der Waals surface area contributed by atoms with Crippen molar-refractivity contribution in [2.24, 2.45) is 0 Å². The minimum atomic E-state index is -0.500. The molecule has 2 amide bonds. The smallest absolute Gasteiger partial charge is 0.261 e. The number of rotatable bonds is 5. The van der Waals surface area contributed by atoms with Crippen LogP contribution in [0.5, 0.6) is 5.75 Å². The number of nitrogens with zero attached hydrogens (tertiary/aromatic N) is 2. The quantitative estimate of drug-likeness (QED) is 0.526. The van der Waals surface area contributed by atoms with E-state index in [2.05, 4.69) is 15.5 Å². The van der Waals surface area contributed by atoms with Gasteiger partial charge in [0.25, 0.3) is 11.8 Å². The van der Waals surface area contributed by atoms with Gasteiger partial charge in [0.2, 0.25) is 0 Å². The van der Waals surface area contributed by atoms with Gasteiger partial charge >= 0.3 is 0 Å². The minimum absolute atomic E-state index is 0.102. The fraction of sp³-hybridized carbons (Fsp3) is 0.192. The van der Waals surface area contributed by atoms with Gasteiger partial charge in [-0.2, -0.15) is 0 Å². The first-order chi connectivity index (χ1) is 17.0. The Bertz CT molecular complexity index is 1230. The first-order valence-corrected chi connectivity index (χ1v) is 11.5. The predicted octanol–water partition coefficient (Wildman–Crippen LogP) is 3.92. The highest BCUT2D eigenvalue weighted by molar-refractivity contribution is 7.80. The second-order valence-corrected chi connectivity index (χ2v) is 8.32. The van der Waals surface area contributed by atoms with E-state index in [1.165, 1.54) is 19.2 Å². The molecule has 0 spiro atoms. The Morgan fingerprint density at radius 3 is 2.17 bits per heavy atom. The van der Waals surface area contributed by atoms with E-state index in [1.807, 2.05) is 24.3 Å². The molecule has 0 unspecified atom stereocenters. The highest BCUT2D eigenvalue weighted by atomic mass is 32.1. The molecule has 0 aliphatic carbocycles. The largest absolute Gasteiger partial charge is 0.496 e. The lowest BCUT2D eigenvalue weighted by Gasteiger charge is -2.36. The van der Waals surface area contributed by atoms with Gasteiger partial charge in [-0.05, 0) is 60.7 Å². The lowest BCUT2D eigenvalue weighted by atomic mass is 10.1. The number of hydrogen-bond donors (Lipinski definition) is 2. The molecule has 0 atom stereocenters. The summed E-state index contributed by atoms with van der Waals surface area (Å²) in [6.45, 7) is 2.29. The summed E-state index contributed by atoms with van der Waals surface area (Å²) in [6.07, 6.45) is 0. The number of hydrogen-bond acceptors (Lipinski definition) is 5. The van der Waals surface area contributed by atoms with Crippen molar-refractivity contribution in [3.8, 4) is 5.75 Å². The summed E-state index contributed by atoms with van der Waals surface area (Å²) in [5.74, 6) is -0.682. The van der Waals surface area contributed by atoms with Crippen LogP contribution in [0, 0.1) is 5.82 Å². The number of methoxy groups -OCH3 is 1. The number of piperazine rings is 1. The van der Waals surface area contributed by atoms with Crippen LogP contribution in [0.25, 0.3) is 0 Å². The van der Waals surface area contributed by atoms with E-state index in [1.54, 1.807) is 41.3 Å². The van der Waals surface area contributed by atoms with Gasteiger partial charge in [-0.25, -0.2) is 4.39 Å². The number of thiocarbonyl (C=S) groups is 1. The molecule has 1 aliphatic heterocycles. The molecule has 1 aliphatic rings. The SMILES string of the molecule is COc1ccccc1C(=O)NC(=S)Nc1ccc(N2CCN(C(=O)c3ccccc3F)CC2)cc1. The van der Waals surface area contributed by atoms with Gasteiger partial charge in [-0.15, -0.1) is 0 Å². The Balaban J connectivity index is 1.30. The van der Waals surface area contributed by atoms with E-state index in [-0.39, 0.29) is 22.5 Å².